The van der Waals surface area contributed by atoms with Gasteiger partial charge in [0.15, 0.2) is 0 Å². The number of rotatable bonds is 4. The Morgan fingerprint density at radius 3 is 2.56 bits per heavy atom. The number of hydrogen-bond acceptors (Lipinski definition) is 3. The molecule has 4 nitrogen and oxygen atoms in total. The lowest BCUT2D eigenvalue weighted by Gasteiger charge is -2.35. The number of nitrogens with one attached hydrogen (secondary N) is 1. The number of piperidine rings is 1. The molecule has 18 heavy (non-hydrogen) atoms. The van der Waals surface area contributed by atoms with Gasteiger partial charge in [0.1, 0.15) is 0 Å². The van der Waals surface area contributed by atoms with E-state index in [-0.39, 0.29) is 11.8 Å². The van der Waals surface area contributed by atoms with Crippen molar-refractivity contribution in [3.05, 3.63) is 0 Å². The summed E-state index contributed by atoms with van der Waals surface area (Å²) < 4.78 is 0. The SMILES string of the molecule is CN1CCCCC1CNC1CCC(C(N)=O)CC1. The maximum Gasteiger partial charge on any atom is 0.220 e. The molecule has 0 radical (unpaired) electrons. The zero-order chi connectivity index (χ0) is 13.0. The highest BCUT2D eigenvalue weighted by Gasteiger charge is 2.25. The van der Waals surface area contributed by atoms with Crippen LogP contribution in [0.25, 0.3) is 0 Å². The summed E-state index contributed by atoms with van der Waals surface area (Å²) in [5.74, 6) is 0.0147. The molecule has 4 heteroatoms. The molecule has 2 rings (SSSR count). The molecule has 1 aliphatic carbocycles. The highest BCUT2D eigenvalue weighted by atomic mass is 16.1. The molecule has 2 aliphatic rings. The second-order valence-electron chi connectivity index (χ2n) is 5.99. The van der Waals surface area contributed by atoms with Gasteiger partial charge in [0.05, 0.1) is 0 Å². The Kier molecular flexibility index (Phi) is 5.01. The van der Waals surface area contributed by atoms with Gasteiger partial charge >= 0.3 is 0 Å². The van der Waals surface area contributed by atoms with Gasteiger partial charge in [-0.1, -0.05) is 6.42 Å². The number of carbonyl (C=O) groups is 1. The molecule has 1 saturated heterocycles. The molecule has 1 amide bonds. The van der Waals surface area contributed by atoms with Crippen LogP contribution in [-0.2, 0) is 4.79 Å². The van der Waals surface area contributed by atoms with Crippen molar-refractivity contribution < 1.29 is 4.79 Å². The van der Waals surface area contributed by atoms with Gasteiger partial charge in [0, 0.05) is 24.5 Å². The van der Waals surface area contributed by atoms with Gasteiger partial charge in [-0.3, -0.25) is 4.79 Å². The highest BCUT2D eigenvalue weighted by molar-refractivity contribution is 5.76. The van der Waals surface area contributed by atoms with Gasteiger partial charge < -0.3 is 16.0 Å². The third kappa shape index (κ3) is 3.69. The second kappa shape index (κ2) is 6.53. The number of hydrogen-bond donors (Lipinski definition) is 2. The number of likely N-dealkylation sites (N-methyl/N-ethyl adjacent to an activating group) is 1. The molecule has 0 aromatic carbocycles. The third-order valence-electron chi connectivity index (χ3n) is 4.69. The van der Waals surface area contributed by atoms with Gasteiger partial charge in [-0.15, -0.1) is 0 Å². The van der Waals surface area contributed by atoms with Crippen LogP contribution in [0, 0.1) is 5.92 Å². The third-order valence-corrected chi connectivity index (χ3v) is 4.69. The van der Waals surface area contributed by atoms with E-state index < -0.39 is 0 Å². The van der Waals surface area contributed by atoms with Crippen LogP contribution in [0.5, 0.6) is 0 Å². The minimum atomic E-state index is -0.111. The largest absolute Gasteiger partial charge is 0.369 e. The molecule has 1 aliphatic heterocycles. The first kappa shape index (κ1) is 13.8. The van der Waals surface area contributed by atoms with Crippen molar-refractivity contribution in [3.63, 3.8) is 0 Å². The Labute approximate surface area is 110 Å². The number of likely N-dealkylation sites (tertiary alicyclic amines) is 1. The summed E-state index contributed by atoms with van der Waals surface area (Å²) in [6.45, 7) is 2.34. The number of amides is 1. The van der Waals surface area contributed by atoms with E-state index >= 15 is 0 Å². The topological polar surface area (TPSA) is 58.4 Å². The molecule has 104 valence electrons. The average Bonchev–Trinajstić information content (AvgIpc) is 2.38. The van der Waals surface area contributed by atoms with Gasteiger partial charge in [-0.05, 0) is 52.1 Å². The van der Waals surface area contributed by atoms with Crippen molar-refractivity contribution in [1.82, 2.24) is 10.2 Å². The minimum absolute atomic E-state index is 0.111. The van der Waals surface area contributed by atoms with E-state index in [0.29, 0.717) is 12.1 Å². The fraction of sp³-hybridized carbons (Fsp3) is 0.929. The lowest BCUT2D eigenvalue weighted by Crippen LogP contribution is -2.46. The quantitative estimate of drug-likeness (QED) is 0.789. The summed E-state index contributed by atoms with van der Waals surface area (Å²) in [6.07, 6.45) is 8.16. The highest BCUT2D eigenvalue weighted by Crippen LogP contribution is 2.24. The van der Waals surface area contributed by atoms with E-state index in [1.165, 1.54) is 25.8 Å². The lowest BCUT2D eigenvalue weighted by molar-refractivity contribution is -0.122. The molecule has 0 aromatic rings. The summed E-state index contributed by atoms with van der Waals surface area (Å²) >= 11 is 0. The van der Waals surface area contributed by atoms with Crippen molar-refractivity contribution in [3.8, 4) is 0 Å². The molecular weight excluding hydrogens is 226 g/mol. The number of carbonyl (C=O) groups excluding carboxylic acids is 1. The summed E-state index contributed by atoms with van der Waals surface area (Å²) in [5.41, 5.74) is 5.36. The van der Waals surface area contributed by atoms with E-state index in [0.717, 1.165) is 32.2 Å². The maximum atomic E-state index is 11.1. The summed E-state index contributed by atoms with van der Waals surface area (Å²) in [6, 6.07) is 1.29. The van der Waals surface area contributed by atoms with E-state index in [1.807, 2.05) is 0 Å². The lowest BCUT2D eigenvalue weighted by atomic mass is 9.85. The molecule has 2 fully saturated rings. The normalized spacial score (nSPS) is 34.4. The molecule has 1 heterocycles. The zero-order valence-corrected chi connectivity index (χ0v) is 11.5. The van der Waals surface area contributed by atoms with Crippen LogP contribution in [0.1, 0.15) is 44.9 Å². The molecule has 3 N–H and O–H groups in total. The fourth-order valence-corrected chi connectivity index (χ4v) is 3.29. The van der Waals surface area contributed by atoms with Crippen molar-refractivity contribution in [2.24, 2.45) is 11.7 Å². The Bertz CT molecular complexity index is 274. The molecule has 1 unspecified atom stereocenters. The predicted molar refractivity (Wildman–Crippen MR) is 73.2 cm³/mol. The van der Waals surface area contributed by atoms with Crippen LogP contribution in [0.2, 0.25) is 0 Å². The molecule has 0 bridgehead atoms. The molecule has 0 spiro atoms. The van der Waals surface area contributed by atoms with E-state index in [2.05, 4.69) is 17.3 Å². The van der Waals surface area contributed by atoms with Crippen LogP contribution < -0.4 is 11.1 Å². The number of nitrogens with zero attached hydrogens (tertiary/aromatic N) is 1. The summed E-state index contributed by atoms with van der Waals surface area (Å²) in [7, 11) is 2.23. The smallest absolute Gasteiger partial charge is 0.220 e. The van der Waals surface area contributed by atoms with Crippen LogP contribution in [0.15, 0.2) is 0 Å². The Morgan fingerprint density at radius 2 is 1.94 bits per heavy atom. The zero-order valence-electron chi connectivity index (χ0n) is 11.5. The minimum Gasteiger partial charge on any atom is -0.369 e. The van der Waals surface area contributed by atoms with Crippen LogP contribution in [0.4, 0.5) is 0 Å². The second-order valence-corrected chi connectivity index (χ2v) is 5.99. The van der Waals surface area contributed by atoms with E-state index in [1.54, 1.807) is 0 Å². The van der Waals surface area contributed by atoms with Gasteiger partial charge in [0.25, 0.3) is 0 Å². The monoisotopic (exact) mass is 253 g/mol. The van der Waals surface area contributed by atoms with Gasteiger partial charge in [-0.25, -0.2) is 0 Å². The predicted octanol–water partition coefficient (Wildman–Crippen LogP) is 1.10. The molecule has 1 saturated carbocycles. The maximum absolute atomic E-state index is 11.1. The van der Waals surface area contributed by atoms with E-state index in [4.69, 9.17) is 5.73 Å². The van der Waals surface area contributed by atoms with Gasteiger partial charge in [0.2, 0.25) is 5.91 Å². The van der Waals surface area contributed by atoms with Crippen molar-refractivity contribution in [2.45, 2.75) is 57.0 Å². The molecule has 1 atom stereocenters. The number of primary amides is 1. The van der Waals surface area contributed by atoms with Crippen molar-refractivity contribution in [1.29, 1.82) is 0 Å². The first-order chi connectivity index (χ1) is 8.66. The van der Waals surface area contributed by atoms with Crippen molar-refractivity contribution in [2.75, 3.05) is 20.1 Å². The molecule has 0 aromatic heterocycles. The standard InChI is InChI=1S/C14H27N3O/c1-17-9-3-2-4-13(17)10-16-12-7-5-11(6-8-12)14(15)18/h11-13,16H,2-10H2,1H3,(H2,15,18). The van der Waals surface area contributed by atoms with Crippen LogP contribution in [-0.4, -0.2) is 43.0 Å². The first-order valence-electron chi connectivity index (χ1n) is 7.39. The van der Waals surface area contributed by atoms with Gasteiger partial charge in [-0.2, -0.15) is 0 Å². The first-order valence-corrected chi connectivity index (χ1v) is 7.39. The number of nitrogens with two attached hydrogens (primary N) is 1. The van der Waals surface area contributed by atoms with Crippen molar-refractivity contribution >= 4 is 5.91 Å². The Hall–Kier alpha value is -0.610. The van der Waals surface area contributed by atoms with Crippen LogP contribution >= 0.6 is 0 Å². The van der Waals surface area contributed by atoms with Crippen LogP contribution in [0.3, 0.4) is 0 Å². The fourth-order valence-electron chi connectivity index (χ4n) is 3.29. The average molecular weight is 253 g/mol. The Balaban J connectivity index is 1.67. The summed E-state index contributed by atoms with van der Waals surface area (Å²) in [4.78, 5) is 13.6. The molecular formula is C14H27N3O. The van der Waals surface area contributed by atoms with E-state index in [9.17, 15) is 4.79 Å². The Morgan fingerprint density at radius 1 is 1.22 bits per heavy atom. The summed E-state index contributed by atoms with van der Waals surface area (Å²) in [5, 5.41) is 3.69.